The smallest absolute Gasteiger partial charge is 0.347 e. The molecule has 2 N–H and O–H groups in total. The maximum absolute atomic E-state index is 11.4. The van der Waals surface area contributed by atoms with Crippen LogP contribution >= 0.6 is 0 Å². The number of rotatable bonds is 15. The highest BCUT2D eigenvalue weighted by atomic mass is 16.6. The molecular formula is C34H46N10O14. The number of furan rings is 1. The van der Waals surface area contributed by atoms with Gasteiger partial charge in [-0.05, 0) is 59.3 Å². The number of carbonyl (C=O) groups is 3. The zero-order valence-electron chi connectivity index (χ0n) is 32.6. The number of ether oxygens (including phenoxy) is 2. The van der Waals surface area contributed by atoms with Crippen LogP contribution in [0, 0.1) is 37.3 Å². The number of hydrogen-bond acceptors (Lipinski definition) is 16. The lowest BCUT2D eigenvalue weighted by atomic mass is 10.3. The summed E-state index contributed by atoms with van der Waals surface area (Å²) in [5.74, 6) is 0.877. The molecule has 0 spiro atoms. The molecule has 0 aromatic carbocycles. The van der Waals surface area contributed by atoms with Crippen molar-refractivity contribution in [3.63, 3.8) is 0 Å². The minimum absolute atomic E-state index is 0.0208. The number of urea groups is 1. The van der Waals surface area contributed by atoms with Gasteiger partial charge < -0.3 is 54.4 Å². The lowest BCUT2D eigenvalue weighted by Gasteiger charge is -2.07. The molecule has 24 nitrogen and oxygen atoms in total. The number of aliphatic hydroxyl groups is 2. The molecule has 4 aromatic rings. The van der Waals surface area contributed by atoms with Crippen LogP contribution in [-0.4, -0.2) is 117 Å². The third-order valence-corrected chi connectivity index (χ3v) is 7.71. The molecule has 24 heteroatoms. The number of aliphatic hydroxyl groups excluding tert-OH is 2. The van der Waals surface area contributed by atoms with Gasteiger partial charge in [-0.25, -0.2) is 28.5 Å². The number of amides is 3. The third kappa shape index (κ3) is 14.7. The number of nitrogens with zero attached hydrogens (tertiary/aromatic N) is 10. The molecule has 1 saturated heterocycles. The molecule has 1 fully saturated rings. The number of likely N-dealkylation sites (N-methyl/N-ethyl adjacent to an activating group) is 1. The summed E-state index contributed by atoms with van der Waals surface area (Å²) in [6.45, 7) is 7.62. The van der Waals surface area contributed by atoms with Crippen LogP contribution in [0.5, 0.6) is 0 Å². The van der Waals surface area contributed by atoms with Gasteiger partial charge in [0.1, 0.15) is 43.5 Å². The Hall–Kier alpha value is -6.79. The van der Waals surface area contributed by atoms with Gasteiger partial charge >= 0.3 is 29.5 Å². The fraction of sp³-hybridized carbons (Fsp3) is 0.441. The van der Waals surface area contributed by atoms with E-state index in [1.807, 2.05) is 13.8 Å². The number of hydrogen-bond donors (Lipinski definition) is 2. The van der Waals surface area contributed by atoms with Gasteiger partial charge in [0, 0.05) is 33.2 Å². The van der Waals surface area contributed by atoms with E-state index in [9.17, 15) is 54.9 Å². The fourth-order valence-corrected chi connectivity index (χ4v) is 4.78. The van der Waals surface area contributed by atoms with Gasteiger partial charge in [-0.1, -0.05) is 6.92 Å². The SMILES string of the molecule is CCC(O)Cn1cccc1[N+](=O)[O-].CCn1c([N+](=O)[O-])cnc1COC(C)=O.COCC(O)Cn1cccc1[N+](=O)[O-].Cc1ccc(C=NN2CC(=O)N(C)C2=O)o1. The summed E-state index contributed by atoms with van der Waals surface area (Å²) < 4.78 is 18.9. The number of methoxy groups -OCH3 is 1. The summed E-state index contributed by atoms with van der Waals surface area (Å²) >= 11 is 0. The summed E-state index contributed by atoms with van der Waals surface area (Å²) in [6, 6.07) is 9.08. The van der Waals surface area contributed by atoms with Crippen LogP contribution in [0.1, 0.15) is 44.5 Å². The summed E-state index contributed by atoms with van der Waals surface area (Å²) in [7, 11) is 2.89. The molecular weight excluding hydrogens is 772 g/mol. The van der Waals surface area contributed by atoms with Crippen LogP contribution in [0.3, 0.4) is 0 Å². The molecule has 1 aliphatic rings. The molecule has 2 unspecified atom stereocenters. The Bertz CT molecular complexity index is 2020. The zero-order chi connectivity index (χ0) is 43.5. The molecule has 0 bridgehead atoms. The van der Waals surface area contributed by atoms with Gasteiger partial charge in [0.25, 0.3) is 5.91 Å². The van der Waals surface area contributed by atoms with Crippen molar-refractivity contribution in [3.05, 3.63) is 103 Å². The number of hydrazone groups is 1. The van der Waals surface area contributed by atoms with Crippen LogP contribution in [-0.2, 0) is 45.3 Å². The Morgan fingerprint density at radius 3 is 1.97 bits per heavy atom. The zero-order valence-corrected chi connectivity index (χ0v) is 32.6. The predicted molar refractivity (Wildman–Crippen MR) is 202 cm³/mol. The first-order valence-electron chi connectivity index (χ1n) is 17.4. The van der Waals surface area contributed by atoms with Crippen LogP contribution in [0.25, 0.3) is 0 Å². The van der Waals surface area contributed by atoms with Gasteiger partial charge in [0.15, 0.2) is 6.61 Å². The first kappa shape index (κ1) is 47.4. The fourth-order valence-electron chi connectivity index (χ4n) is 4.78. The second kappa shape index (κ2) is 23.3. The first-order valence-corrected chi connectivity index (χ1v) is 17.4. The first-order chi connectivity index (χ1) is 27.4. The molecule has 5 heterocycles. The quantitative estimate of drug-likeness (QED) is 0.0572. The van der Waals surface area contributed by atoms with E-state index in [1.54, 1.807) is 43.6 Å². The molecule has 5 rings (SSSR count). The van der Waals surface area contributed by atoms with E-state index in [0.717, 1.165) is 21.9 Å². The lowest BCUT2D eigenvalue weighted by Crippen LogP contribution is -2.26. The average Bonchev–Trinajstić information content (AvgIpc) is 4.02. The Balaban J connectivity index is 0.000000268. The van der Waals surface area contributed by atoms with Gasteiger partial charge in [-0.15, -0.1) is 0 Å². The second-order valence-electron chi connectivity index (χ2n) is 12.0. The molecule has 316 valence electrons. The number of aromatic nitrogens is 4. The number of esters is 1. The second-order valence-corrected chi connectivity index (χ2v) is 12.0. The number of nitro groups is 3. The monoisotopic (exact) mass is 818 g/mol. The normalized spacial score (nSPS) is 13.2. The minimum atomic E-state index is -0.730. The van der Waals surface area contributed by atoms with E-state index in [4.69, 9.17) is 13.9 Å². The van der Waals surface area contributed by atoms with E-state index in [-0.39, 0.29) is 56.2 Å². The van der Waals surface area contributed by atoms with Crippen LogP contribution in [0.4, 0.5) is 22.2 Å². The van der Waals surface area contributed by atoms with E-state index < -0.39 is 39.0 Å². The summed E-state index contributed by atoms with van der Waals surface area (Å²) in [5.41, 5.74) is 0. The lowest BCUT2D eigenvalue weighted by molar-refractivity contribution is -0.392. The molecule has 4 aromatic heterocycles. The molecule has 2 atom stereocenters. The van der Waals surface area contributed by atoms with Crippen LogP contribution in [0.15, 0.2) is 64.5 Å². The van der Waals surface area contributed by atoms with Crippen molar-refractivity contribution in [2.24, 2.45) is 5.10 Å². The molecule has 58 heavy (non-hydrogen) atoms. The van der Waals surface area contributed by atoms with Gasteiger partial charge in [-0.2, -0.15) is 5.10 Å². The Morgan fingerprint density at radius 2 is 1.53 bits per heavy atom. The standard InChI is InChI=1S/C10H11N3O3.C8H11N3O4.C8H12N2O4.C8H12N2O3/c1-7-3-4-8(16-7)5-11-13-6-9(14)12(2)10(13)15;1-3-10-7(5-15-6(2)12)9-4-8(10)11(13)14;1-14-6-7(11)5-9-4-2-3-8(9)10(12)13;1-2-7(11)6-9-5-3-4-8(9)10(12)13/h3-5H,6H2,1-2H3;4H,3,5H2,1-2H3;2-4,7,11H,5-6H2,1H3;3-5,7,11H,2,6H2,1H3. The number of imide groups is 1. The topological polar surface area (TPSA) is 299 Å². The van der Waals surface area contributed by atoms with E-state index >= 15 is 0 Å². The summed E-state index contributed by atoms with van der Waals surface area (Å²) in [6.07, 6.45) is 5.06. The number of carbonyl (C=O) groups excluding carboxylic acids is 3. The number of imidazole rings is 1. The Kier molecular flexibility index (Phi) is 19.0. The summed E-state index contributed by atoms with van der Waals surface area (Å²) in [5, 5.41) is 55.2. The van der Waals surface area contributed by atoms with Gasteiger partial charge in [-0.3, -0.25) is 14.5 Å². The largest absolute Gasteiger partial charge is 0.460 e. The Morgan fingerprint density at radius 1 is 0.966 bits per heavy atom. The van der Waals surface area contributed by atoms with Crippen LogP contribution < -0.4 is 0 Å². The minimum Gasteiger partial charge on any atom is -0.460 e. The van der Waals surface area contributed by atoms with Crippen LogP contribution in [0.2, 0.25) is 0 Å². The highest BCUT2D eigenvalue weighted by Gasteiger charge is 2.32. The molecule has 0 radical (unpaired) electrons. The van der Waals surface area contributed by atoms with Crippen molar-refractivity contribution in [1.29, 1.82) is 0 Å². The van der Waals surface area contributed by atoms with Crippen molar-refractivity contribution in [2.45, 2.75) is 72.6 Å². The van der Waals surface area contributed by atoms with Crippen molar-refractivity contribution < 1.29 is 53.3 Å². The van der Waals surface area contributed by atoms with Crippen molar-refractivity contribution >= 4 is 41.6 Å². The maximum atomic E-state index is 11.4. The highest BCUT2D eigenvalue weighted by molar-refractivity contribution is 6.01. The third-order valence-electron chi connectivity index (χ3n) is 7.71. The molecule has 3 amide bonds. The summed E-state index contributed by atoms with van der Waals surface area (Å²) in [4.78, 5) is 68.1. The van der Waals surface area contributed by atoms with Crippen molar-refractivity contribution in [1.82, 2.24) is 28.6 Å². The van der Waals surface area contributed by atoms with E-state index in [2.05, 4.69) is 10.1 Å². The van der Waals surface area contributed by atoms with Crippen molar-refractivity contribution in [3.8, 4) is 0 Å². The highest BCUT2D eigenvalue weighted by Crippen LogP contribution is 2.16. The number of aryl methyl sites for hydroxylation is 1. The molecule has 0 aliphatic carbocycles. The average molecular weight is 819 g/mol. The maximum Gasteiger partial charge on any atom is 0.347 e. The molecule has 1 aliphatic heterocycles. The van der Waals surface area contributed by atoms with Gasteiger partial charge in [0.05, 0.1) is 37.9 Å². The van der Waals surface area contributed by atoms with Crippen molar-refractivity contribution in [2.75, 3.05) is 27.3 Å². The Labute approximate surface area is 330 Å². The predicted octanol–water partition coefficient (Wildman–Crippen LogP) is 3.26. The van der Waals surface area contributed by atoms with E-state index in [1.165, 1.54) is 53.1 Å². The van der Waals surface area contributed by atoms with Gasteiger partial charge in [0.2, 0.25) is 5.82 Å². The molecule has 0 saturated carbocycles. The van der Waals surface area contributed by atoms with E-state index in [0.29, 0.717) is 24.6 Å².